The predicted octanol–water partition coefficient (Wildman–Crippen LogP) is 0.0477. The van der Waals surface area contributed by atoms with Crippen LogP contribution in [0.3, 0.4) is 0 Å². The number of carbonyl (C=O) groups excluding carboxylic acids is 1. The second-order valence-corrected chi connectivity index (χ2v) is 5.35. The van der Waals surface area contributed by atoms with E-state index < -0.39 is 22.9 Å². The molecule has 2 heterocycles. The van der Waals surface area contributed by atoms with Gasteiger partial charge in [0.2, 0.25) is 5.75 Å². The summed E-state index contributed by atoms with van der Waals surface area (Å²) < 4.78 is 14.8. The first-order valence-electron chi connectivity index (χ1n) is 6.96. The quantitative estimate of drug-likeness (QED) is 0.847. The first-order chi connectivity index (χ1) is 10.9. The van der Waals surface area contributed by atoms with E-state index in [0.717, 1.165) is 9.13 Å². The van der Waals surface area contributed by atoms with Crippen LogP contribution in [-0.4, -0.2) is 31.6 Å². The van der Waals surface area contributed by atoms with Gasteiger partial charge in [0.25, 0.3) is 11.5 Å². The average Bonchev–Trinajstić information content (AvgIpc) is 2.54. The summed E-state index contributed by atoms with van der Waals surface area (Å²) in [5.41, 5.74) is -1.14. The Balaban J connectivity index is 1.99. The summed E-state index contributed by atoms with van der Waals surface area (Å²) in [7, 11) is 1.24. The zero-order chi connectivity index (χ0) is 16.7. The lowest BCUT2D eigenvalue weighted by Gasteiger charge is -2.29. The van der Waals surface area contributed by atoms with E-state index in [4.69, 9.17) is 0 Å². The zero-order valence-corrected chi connectivity index (χ0v) is 12.3. The molecular formula is C15H14FN3O4. The maximum Gasteiger partial charge on any atom is 0.331 e. The molecule has 0 unspecified atom stereocenters. The van der Waals surface area contributed by atoms with E-state index in [1.807, 2.05) is 0 Å². The van der Waals surface area contributed by atoms with Crippen molar-refractivity contribution in [3.05, 3.63) is 62.2 Å². The van der Waals surface area contributed by atoms with Crippen LogP contribution in [0.25, 0.3) is 0 Å². The Morgan fingerprint density at radius 3 is 2.43 bits per heavy atom. The van der Waals surface area contributed by atoms with Gasteiger partial charge in [0, 0.05) is 26.7 Å². The zero-order valence-electron chi connectivity index (χ0n) is 12.3. The van der Waals surface area contributed by atoms with Gasteiger partial charge < -0.3 is 10.0 Å². The van der Waals surface area contributed by atoms with Gasteiger partial charge in [-0.3, -0.25) is 18.7 Å². The molecule has 1 aromatic carbocycles. The number of amides is 1. The Morgan fingerprint density at radius 2 is 1.78 bits per heavy atom. The molecule has 120 valence electrons. The standard InChI is InChI=1S/C15H14FN3O4/c1-17-14(22)12(20)11-13(21)18(6-7-19(11)15(17)23)8-9-2-4-10(16)5-3-9/h2-5,20H,6-8H2,1H3. The van der Waals surface area contributed by atoms with Gasteiger partial charge in [-0.2, -0.15) is 0 Å². The molecule has 7 nitrogen and oxygen atoms in total. The number of aromatic hydroxyl groups is 1. The Hall–Kier alpha value is -2.90. The monoisotopic (exact) mass is 319 g/mol. The van der Waals surface area contributed by atoms with Crippen molar-refractivity contribution in [1.29, 1.82) is 0 Å². The molecule has 1 amide bonds. The van der Waals surface area contributed by atoms with Crippen molar-refractivity contribution >= 4 is 5.91 Å². The Kier molecular flexibility index (Phi) is 3.51. The van der Waals surface area contributed by atoms with Gasteiger partial charge in [-0.05, 0) is 17.7 Å². The first kappa shape index (κ1) is 15.0. The minimum atomic E-state index is -0.904. The molecule has 0 radical (unpaired) electrons. The summed E-state index contributed by atoms with van der Waals surface area (Å²) in [5, 5.41) is 9.95. The molecule has 8 heteroatoms. The fraction of sp³-hybridized carbons (Fsp3) is 0.267. The maximum atomic E-state index is 12.9. The lowest BCUT2D eigenvalue weighted by atomic mass is 10.1. The van der Waals surface area contributed by atoms with E-state index in [1.54, 1.807) is 12.1 Å². The largest absolute Gasteiger partial charge is 0.501 e. The van der Waals surface area contributed by atoms with Crippen molar-refractivity contribution in [3.8, 4) is 5.75 Å². The van der Waals surface area contributed by atoms with Gasteiger partial charge in [0.05, 0.1) is 0 Å². The molecule has 1 aliphatic rings. The number of fused-ring (bicyclic) bond motifs is 1. The van der Waals surface area contributed by atoms with Crippen LogP contribution in [0.1, 0.15) is 16.1 Å². The highest BCUT2D eigenvalue weighted by atomic mass is 19.1. The minimum absolute atomic E-state index is 0.169. The molecule has 0 aliphatic carbocycles. The summed E-state index contributed by atoms with van der Waals surface area (Å²) >= 11 is 0. The summed E-state index contributed by atoms with van der Waals surface area (Å²) in [6, 6.07) is 5.67. The highest BCUT2D eigenvalue weighted by Crippen LogP contribution is 2.19. The fourth-order valence-corrected chi connectivity index (χ4v) is 2.61. The second kappa shape index (κ2) is 5.38. The van der Waals surface area contributed by atoms with E-state index in [9.17, 15) is 23.9 Å². The third kappa shape index (κ3) is 2.41. The number of halogens is 1. The van der Waals surface area contributed by atoms with Gasteiger partial charge in [-0.15, -0.1) is 0 Å². The maximum absolute atomic E-state index is 12.9. The number of carbonyl (C=O) groups is 1. The third-order valence-electron chi connectivity index (χ3n) is 3.89. The number of nitrogens with zero attached hydrogens (tertiary/aromatic N) is 3. The SMILES string of the molecule is Cn1c(=O)c(O)c2n(c1=O)CCN(Cc1ccc(F)cc1)C2=O. The van der Waals surface area contributed by atoms with Crippen LogP contribution in [0.2, 0.25) is 0 Å². The predicted molar refractivity (Wildman–Crippen MR) is 78.7 cm³/mol. The van der Waals surface area contributed by atoms with Crippen LogP contribution in [0.4, 0.5) is 4.39 Å². The molecule has 0 spiro atoms. The summed E-state index contributed by atoms with van der Waals surface area (Å²) in [6.07, 6.45) is 0. The average molecular weight is 319 g/mol. The normalized spacial score (nSPS) is 14.0. The summed E-state index contributed by atoms with van der Waals surface area (Å²) in [4.78, 5) is 37.7. The number of hydrogen-bond donors (Lipinski definition) is 1. The first-order valence-corrected chi connectivity index (χ1v) is 6.96. The lowest BCUT2D eigenvalue weighted by molar-refractivity contribution is 0.0678. The number of rotatable bonds is 2. The van der Waals surface area contributed by atoms with Gasteiger partial charge >= 0.3 is 5.69 Å². The Bertz CT molecular complexity index is 899. The molecule has 0 saturated carbocycles. The van der Waals surface area contributed by atoms with Crippen LogP contribution < -0.4 is 11.2 Å². The topological polar surface area (TPSA) is 84.5 Å². The van der Waals surface area contributed by atoms with Crippen LogP contribution >= 0.6 is 0 Å². The molecule has 1 aromatic heterocycles. The minimum Gasteiger partial charge on any atom is -0.501 e. The molecule has 1 aliphatic heterocycles. The van der Waals surface area contributed by atoms with Crippen molar-refractivity contribution < 1.29 is 14.3 Å². The molecule has 1 N–H and O–H groups in total. The third-order valence-corrected chi connectivity index (χ3v) is 3.89. The number of hydrogen-bond acceptors (Lipinski definition) is 4. The molecule has 23 heavy (non-hydrogen) atoms. The Morgan fingerprint density at radius 1 is 1.13 bits per heavy atom. The highest BCUT2D eigenvalue weighted by molar-refractivity contribution is 5.95. The molecule has 0 fully saturated rings. The smallest absolute Gasteiger partial charge is 0.331 e. The van der Waals surface area contributed by atoms with E-state index in [1.165, 1.54) is 24.1 Å². The van der Waals surface area contributed by atoms with Gasteiger partial charge in [-0.25, -0.2) is 9.18 Å². The van der Waals surface area contributed by atoms with Gasteiger partial charge in [0.15, 0.2) is 5.69 Å². The molecule has 2 aromatic rings. The van der Waals surface area contributed by atoms with E-state index in [2.05, 4.69) is 0 Å². The van der Waals surface area contributed by atoms with Crippen molar-refractivity contribution in [2.24, 2.45) is 7.05 Å². The summed E-state index contributed by atoms with van der Waals surface area (Å²) in [5.74, 6) is -1.72. The van der Waals surface area contributed by atoms with Crippen LogP contribution in [-0.2, 0) is 20.1 Å². The fourth-order valence-electron chi connectivity index (χ4n) is 2.61. The number of aromatic nitrogens is 2. The molecule has 3 rings (SSSR count). The van der Waals surface area contributed by atoms with Crippen LogP contribution in [0.5, 0.6) is 5.75 Å². The summed E-state index contributed by atoms with van der Waals surface area (Å²) in [6.45, 7) is 0.617. The van der Waals surface area contributed by atoms with Crippen molar-refractivity contribution in [1.82, 2.24) is 14.0 Å². The lowest BCUT2D eigenvalue weighted by Crippen LogP contribution is -2.49. The molecular weight excluding hydrogens is 305 g/mol. The van der Waals surface area contributed by atoms with E-state index >= 15 is 0 Å². The molecule has 0 saturated heterocycles. The van der Waals surface area contributed by atoms with E-state index in [-0.39, 0.29) is 31.1 Å². The second-order valence-electron chi connectivity index (χ2n) is 5.35. The van der Waals surface area contributed by atoms with Crippen molar-refractivity contribution in [2.45, 2.75) is 13.1 Å². The molecule has 0 bridgehead atoms. The van der Waals surface area contributed by atoms with Crippen LogP contribution in [0, 0.1) is 5.82 Å². The van der Waals surface area contributed by atoms with Crippen LogP contribution in [0.15, 0.2) is 33.9 Å². The van der Waals surface area contributed by atoms with E-state index in [0.29, 0.717) is 5.56 Å². The number of benzene rings is 1. The molecule has 0 atom stereocenters. The van der Waals surface area contributed by atoms with Gasteiger partial charge in [-0.1, -0.05) is 12.1 Å². The van der Waals surface area contributed by atoms with Crippen molar-refractivity contribution in [2.75, 3.05) is 6.54 Å². The Labute approximate surface area is 129 Å². The van der Waals surface area contributed by atoms with Gasteiger partial charge in [0.1, 0.15) is 5.82 Å². The highest BCUT2D eigenvalue weighted by Gasteiger charge is 2.31. The van der Waals surface area contributed by atoms with Crippen molar-refractivity contribution in [3.63, 3.8) is 0 Å².